The molecule has 1 amide bonds. The molecule has 0 aromatic rings. The molecule has 1 heterocycles. The third-order valence-electron chi connectivity index (χ3n) is 3.01. The second kappa shape index (κ2) is 6.33. The molecule has 0 radical (unpaired) electrons. The minimum atomic E-state index is -0.0680. The van der Waals surface area contributed by atoms with Gasteiger partial charge in [-0.15, -0.1) is 11.6 Å². The van der Waals surface area contributed by atoms with Crippen LogP contribution in [0.2, 0.25) is 0 Å². The average Bonchev–Trinajstić information content (AvgIpc) is 2.70. The van der Waals surface area contributed by atoms with E-state index in [1.165, 1.54) is 25.9 Å². The van der Waals surface area contributed by atoms with Crippen molar-refractivity contribution in [1.82, 2.24) is 10.2 Å². The van der Waals surface area contributed by atoms with Gasteiger partial charge >= 0.3 is 0 Å². The first-order valence-electron chi connectivity index (χ1n) is 5.72. The standard InChI is InChI=1S/C11H21ClN2O/c1-9(2)10(8-13-11(15)7-12)14-5-3-4-6-14/h9-10H,3-8H2,1-2H3,(H,13,15). The molecule has 15 heavy (non-hydrogen) atoms. The molecule has 0 bridgehead atoms. The fraction of sp³-hybridized carbons (Fsp3) is 0.909. The molecule has 0 aromatic carbocycles. The second-order valence-corrected chi connectivity index (χ2v) is 4.76. The minimum Gasteiger partial charge on any atom is -0.353 e. The Morgan fingerprint density at radius 1 is 1.40 bits per heavy atom. The van der Waals surface area contributed by atoms with Crippen LogP contribution in [-0.4, -0.2) is 42.4 Å². The van der Waals surface area contributed by atoms with Crippen LogP contribution in [0.5, 0.6) is 0 Å². The summed E-state index contributed by atoms with van der Waals surface area (Å²) in [6.45, 7) is 7.47. The maximum atomic E-state index is 11.1. The first-order valence-corrected chi connectivity index (χ1v) is 6.25. The summed E-state index contributed by atoms with van der Waals surface area (Å²) in [6.07, 6.45) is 2.57. The van der Waals surface area contributed by atoms with E-state index in [2.05, 4.69) is 24.1 Å². The minimum absolute atomic E-state index is 0.0603. The highest BCUT2D eigenvalue weighted by Gasteiger charge is 2.24. The van der Waals surface area contributed by atoms with E-state index in [9.17, 15) is 4.79 Å². The number of hydrogen-bond acceptors (Lipinski definition) is 2. The normalized spacial score (nSPS) is 19.5. The van der Waals surface area contributed by atoms with Gasteiger partial charge in [0.25, 0.3) is 0 Å². The zero-order valence-corrected chi connectivity index (χ0v) is 10.4. The van der Waals surface area contributed by atoms with Gasteiger partial charge in [-0.1, -0.05) is 13.8 Å². The van der Waals surface area contributed by atoms with Gasteiger partial charge in [0.05, 0.1) is 0 Å². The lowest BCUT2D eigenvalue weighted by atomic mass is 10.0. The molecule has 0 aromatic heterocycles. The average molecular weight is 233 g/mol. The number of carbonyl (C=O) groups is 1. The number of likely N-dealkylation sites (tertiary alicyclic amines) is 1. The summed E-state index contributed by atoms with van der Waals surface area (Å²) in [5, 5.41) is 2.88. The van der Waals surface area contributed by atoms with Crippen LogP contribution in [0.25, 0.3) is 0 Å². The number of carbonyl (C=O) groups excluding carboxylic acids is 1. The van der Waals surface area contributed by atoms with Crippen LogP contribution in [0.3, 0.4) is 0 Å². The SMILES string of the molecule is CC(C)C(CNC(=O)CCl)N1CCCC1. The van der Waals surface area contributed by atoms with Crippen molar-refractivity contribution in [2.45, 2.75) is 32.7 Å². The van der Waals surface area contributed by atoms with Gasteiger partial charge in [-0.25, -0.2) is 0 Å². The summed E-state index contributed by atoms with van der Waals surface area (Å²) < 4.78 is 0. The molecular formula is C11H21ClN2O. The van der Waals surface area contributed by atoms with Crippen LogP contribution in [0.15, 0.2) is 0 Å². The molecule has 0 aliphatic carbocycles. The summed E-state index contributed by atoms with van der Waals surface area (Å²) >= 11 is 5.45. The molecule has 1 atom stereocenters. The number of amides is 1. The first kappa shape index (κ1) is 12.8. The summed E-state index contributed by atoms with van der Waals surface area (Å²) in [6, 6.07) is 0.458. The van der Waals surface area contributed by atoms with Gasteiger partial charge in [-0.2, -0.15) is 0 Å². The third kappa shape index (κ3) is 3.99. The number of hydrogen-bond donors (Lipinski definition) is 1. The number of nitrogens with one attached hydrogen (secondary N) is 1. The Morgan fingerprint density at radius 3 is 2.47 bits per heavy atom. The topological polar surface area (TPSA) is 32.3 Å². The van der Waals surface area contributed by atoms with Gasteiger partial charge in [0.15, 0.2) is 0 Å². The Hall–Kier alpha value is -0.280. The number of nitrogens with zero attached hydrogens (tertiary/aromatic N) is 1. The molecule has 3 nitrogen and oxygen atoms in total. The van der Waals surface area contributed by atoms with Crippen LogP contribution in [0.1, 0.15) is 26.7 Å². The van der Waals surface area contributed by atoms with Crippen molar-refractivity contribution in [2.24, 2.45) is 5.92 Å². The lowest BCUT2D eigenvalue weighted by molar-refractivity contribution is -0.119. The first-order chi connectivity index (χ1) is 7.15. The van der Waals surface area contributed by atoms with Gasteiger partial charge in [-0.05, 0) is 31.8 Å². The van der Waals surface area contributed by atoms with Gasteiger partial charge in [0.2, 0.25) is 5.91 Å². The van der Waals surface area contributed by atoms with E-state index in [4.69, 9.17) is 11.6 Å². The van der Waals surface area contributed by atoms with E-state index in [1.807, 2.05) is 0 Å². The second-order valence-electron chi connectivity index (χ2n) is 4.49. The van der Waals surface area contributed by atoms with Crippen molar-refractivity contribution < 1.29 is 4.79 Å². The van der Waals surface area contributed by atoms with Crippen molar-refractivity contribution in [3.8, 4) is 0 Å². The van der Waals surface area contributed by atoms with E-state index in [0.29, 0.717) is 12.0 Å². The van der Waals surface area contributed by atoms with Crippen molar-refractivity contribution in [2.75, 3.05) is 25.5 Å². The lowest BCUT2D eigenvalue weighted by Crippen LogP contribution is -2.45. The highest BCUT2D eigenvalue weighted by Crippen LogP contribution is 2.16. The van der Waals surface area contributed by atoms with Crippen molar-refractivity contribution in [3.63, 3.8) is 0 Å². The Bertz CT molecular complexity index is 203. The van der Waals surface area contributed by atoms with Crippen LogP contribution in [0, 0.1) is 5.92 Å². The van der Waals surface area contributed by atoms with Crippen molar-refractivity contribution >= 4 is 17.5 Å². The van der Waals surface area contributed by atoms with Crippen LogP contribution >= 0.6 is 11.6 Å². The van der Waals surface area contributed by atoms with E-state index in [0.717, 1.165) is 6.54 Å². The molecule has 1 aliphatic heterocycles. The highest BCUT2D eigenvalue weighted by molar-refractivity contribution is 6.27. The molecule has 1 saturated heterocycles. The van der Waals surface area contributed by atoms with Crippen LogP contribution < -0.4 is 5.32 Å². The fourth-order valence-electron chi connectivity index (χ4n) is 2.13. The number of halogens is 1. The molecule has 0 saturated carbocycles. The molecular weight excluding hydrogens is 212 g/mol. The Kier molecular flexibility index (Phi) is 5.40. The molecule has 1 fully saturated rings. The third-order valence-corrected chi connectivity index (χ3v) is 3.25. The zero-order valence-electron chi connectivity index (χ0n) is 9.63. The zero-order chi connectivity index (χ0) is 11.3. The maximum Gasteiger partial charge on any atom is 0.234 e. The maximum absolute atomic E-state index is 11.1. The molecule has 1 rings (SSSR count). The molecule has 1 aliphatic rings. The molecule has 1 N–H and O–H groups in total. The van der Waals surface area contributed by atoms with Crippen molar-refractivity contribution in [3.05, 3.63) is 0 Å². The summed E-state index contributed by atoms with van der Waals surface area (Å²) in [5.74, 6) is 0.561. The van der Waals surface area contributed by atoms with Gasteiger partial charge in [0.1, 0.15) is 5.88 Å². The molecule has 88 valence electrons. The molecule has 1 unspecified atom stereocenters. The fourth-order valence-corrected chi connectivity index (χ4v) is 2.22. The monoisotopic (exact) mass is 232 g/mol. The summed E-state index contributed by atoms with van der Waals surface area (Å²) in [5.41, 5.74) is 0. The number of alkyl halides is 1. The van der Waals surface area contributed by atoms with E-state index in [1.54, 1.807) is 0 Å². The molecule has 4 heteroatoms. The quantitative estimate of drug-likeness (QED) is 0.728. The van der Waals surface area contributed by atoms with Gasteiger partial charge in [0, 0.05) is 12.6 Å². The Labute approximate surface area is 97.2 Å². The van der Waals surface area contributed by atoms with Crippen molar-refractivity contribution in [1.29, 1.82) is 0 Å². The van der Waals surface area contributed by atoms with Crippen LogP contribution in [-0.2, 0) is 4.79 Å². The largest absolute Gasteiger partial charge is 0.353 e. The highest BCUT2D eigenvalue weighted by atomic mass is 35.5. The number of rotatable bonds is 5. The Balaban J connectivity index is 2.39. The predicted molar refractivity (Wildman–Crippen MR) is 63.2 cm³/mol. The van der Waals surface area contributed by atoms with Gasteiger partial charge in [-0.3, -0.25) is 9.69 Å². The van der Waals surface area contributed by atoms with E-state index in [-0.39, 0.29) is 11.8 Å². The van der Waals surface area contributed by atoms with E-state index < -0.39 is 0 Å². The summed E-state index contributed by atoms with van der Waals surface area (Å²) in [7, 11) is 0. The lowest BCUT2D eigenvalue weighted by Gasteiger charge is -2.30. The van der Waals surface area contributed by atoms with Gasteiger partial charge < -0.3 is 5.32 Å². The smallest absolute Gasteiger partial charge is 0.234 e. The Morgan fingerprint density at radius 2 is 2.00 bits per heavy atom. The molecule has 0 spiro atoms. The van der Waals surface area contributed by atoms with E-state index >= 15 is 0 Å². The predicted octanol–water partition coefficient (Wildman–Crippen LogP) is 1.46. The summed E-state index contributed by atoms with van der Waals surface area (Å²) in [4.78, 5) is 13.6. The van der Waals surface area contributed by atoms with Crippen LogP contribution in [0.4, 0.5) is 0 Å².